The summed E-state index contributed by atoms with van der Waals surface area (Å²) in [7, 11) is 0. The van der Waals surface area contributed by atoms with E-state index in [1.54, 1.807) is 4.90 Å². The highest BCUT2D eigenvalue weighted by Gasteiger charge is 2.31. The number of rotatable bonds is 4. The molecule has 10 heteroatoms. The smallest absolute Gasteiger partial charge is 0.410 e. The van der Waals surface area contributed by atoms with Crippen molar-refractivity contribution in [3.63, 3.8) is 0 Å². The van der Waals surface area contributed by atoms with Gasteiger partial charge in [0.05, 0.1) is 6.04 Å². The molecule has 2 saturated heterocycles. The first-order valence-electron chi connectivity index (χ1n) is 14.1. The summed E-state index contributed by atoms with van der Waals surface area (Å²) in [6.45, 7) is 13.9. The van der Waals surface area contributed by atoms with E-state index in [9.17, 15) is 9.59 Å². The topological polar surface area (TPSA) is 123 Å². The van der Waals surface area contributed by atoms with Crippen molar-refractivity contribution in [2.75, 3.05) is 31.5 Å². The number of fused-ring (bicyclic) bond motifs is 1. The lowest BCUT2D eigenvalue weighted by Gasteiger charge is -2.36. The van der Waals surface area contributed by atoms with Crippen molar-refractivity contribution in [3.8, 4) is 0 Å². The van der Waals surface area contributed by atoms with Gasteiger partial charge in [0.2, 0.25) is 0 Å². The Morgan fingerprint density at radius 1 is 0.923 bits per heavy atom. The zero-order chi connectivity index (χ0) is 28.6. The molecular weight excluding hydrogens is 498 g/mol. The van der Waals surface area contributed by atoms with Crippen LogP contribution < -0.4 is 11.1 Å². The van der Waals surface area contributed by atoms with E-state index >= 15 is 0 Å². The van der Waals surface area contributed by atoms with Crippen molar-refractivity contribution in [3.05, 3.63) is 24.3 Å². The SMILES string of the molecule is CC(C)(C)OC(=O)N1CCCCC1CN.CC(C)(C)OC(=O)N1CCCCC1CNc1nc2ccccc2o1. The molecule has 2 atom stereocenters. The second kappa shape index (κ2) is 13.4. The number of ether oxygens (including phenoxy) is 2. The van der Waals surface area contributed by atoms with E-state index in [1.165, 1.54) is 0 Å². The molecule has 0 spiro atoms. The van der Waals surface area contributed by atoms with E-state index in [2.05, 4.69) is 10.3 Å². The van der Waals surface area contributed by atoms with Crippen LogP contribution in [0, 0.1) is 0 Å². The summed E-state index contributed by atoms with van der Waals surface area (Å²) in [6, 6.07) is 8.39. The van der Waals surface area contributed by atoms with E-state index < -0.39 is 11.2 Å². The Kier molecular flexibility index (Phi) is 10.5. The Hall–Kier alpha value is -3.01. The van der Waals surface area contributed by atoms with Crippen LogP contribution in [0.4, 0.5) is 15.6 Å². The fourth-order valence-electron chi connectivity index (χ4n) is 4.73. The minimum Gasteiger partial charge on any atom is -0.444 e. The average molecular weight is 546 g/mol. The van der Waals surface area contributed by atoms with Gasteiger partial charge in [-0.15, -0.1) is 0 Å². The molecule has 2 amide bonds. The Balaban J connectivity index is 0.000000242. The van der Waals surface area contributed by atoms with Gasteiger partial charge < -0.3 is 34.7 Å². The van der Waals surface area contributed by atoms with E-state index in [0.717, 1.165) is 62.7 Å². The summed E-state index contributed by atoms with van der Waals surface area (Å²) < 4.78 is 16.5. The number of para-hydroxylation sites is 2. The summed E-state index contributed by atoms with van der Waals surface area (Å²) >= 11 is 0. The number of carbonyl (C=O) groups is 2. The van der Waals surface area contributed by atoms with Gasteiger partial charge in [-0.05, 0) is 92.2 Å². The number of aromatic nitrogens is 1. The molecule has 2 unspecified atom stereocenters. The van der Waals surface area contributed by atoms with Gasteiger partial charge >= 0.3 is 12.2 Å². The van der Waals surface area contributed by atoms with Gasteiger partial charge in [0.1, 0.15) is 16.7 Å². The van der Waals surface area contributed by atoms with Gasteiger partial charge in [-0.2, -0.15) is 4.98 Å². The number of benzene rings is 1. The van der Waals surface area contributed by atoms with Crippen LogP contribution in [0.15, 0.2) is 28.7 Å². The van der Waals surface area contributed by atoms with Crippen molar-refractivity contribution in [2.45, 2.75) is 103 Å². The molecule has 2 fully saturated rings. The van der Waals surface area contributed by atoms with Crippen LogP contribution in [0.2, 0.25) is 0 Å². The highest BCUT2D eigenvalue weighted by atomic mass is 16.6. The van der Waals surface area contributed by atoms with E-state index in [4.69, 9.17) is 19.6 Å². The maximum Gasteiger partial charge on any atom is 0.410 e. The molecule has 0 saturated carbocycles. The zero-order valence-corrected chi connectivity index (χ0v) is 24.5. The van der Waals surface area contributed by atoms with Gasteiger partial charge in [0, 0.05) is 32.2 Å². The molecule has 1 aromatic carbocycles. The molecule has 39 heavy (non-hydrogen) atoms. The molecule has 0 bridgehead atoms. The summed E-state index contributed by atoms with van der Waals surface area (Å²) in [5.41, 5.74) is 6.33. The maximum atomic E-state index is 12.4. The first-order chi connectivity index (χ1) is 18.4. The number of carbonyl (C=O) groups excluding carboxylic acids is 2. The van der Waals surface area contributed by atoms with Crippen LogP contribution in [0.3, 0.4) is 0 Å². The Labute approximate surface area is 232 Å². The largest absolute Gasteiger partial charge is 0.444 e. The third-order valence-corrected chi connectivity index (χ3v) is 6.57. The molecule has 2 aliphatic rings. The number of nitrogens with one attached hydrogen (secondary N) is 1. The number of oxazole rings is 1. The van der Waals surface area contributed by atoms with Crippen LogP contribution in [0.5, 0.6) is 0 Å². The van der Waals surface area contributed by atoms with Crippen molar-refractivity contribution >= 4 is 29.3 Å². The molecule has 0 radical (unpaired) electrons. The van der Waals surface area contributed by atoms with Gasteiger partial charge in [0.15, 0.2) is 5.58 Å². The number of nitrogens with two attached hydrogens (primary N) is 1. The van der Waals surface area contributed by atoms with Gasteiger partial charge in [-0.25, -0.2) is 9.59 Å². The molecular formula is C29H47N5O5. The molecule has 218 valence electrons. The maximum absolute atomic E-state index is 12.4. The van der Waals surface area contributed by atoms with E-state index in [1.807, 2.05) is 70.7 Å². The van der Waals surface area contributed by atoms with Crippen molar-refractivity contribution in [1.82, 2.24) is 14.8 Å². The summed E-state index contributed by atoms with van der Waals surface area (Å²) in [5, 5.41) is 3.22. The van der Waals surface area contributed by atoms with Crippen molar-refractivity contribution in [2.24, 2.45) is 5.73 Å². The first-order valence-corrected chi connectivity index (χ1v) is 14.1. The van der Waals surface area contributed by atoms with Gasteiger partial charge in [-0.1, -0.05) is 12.1 Å². The molecule has 10 nitrogen and oxygen atoms in total. The second-order valence-electron chi connectivity index (χ2n) is 12.3. The Morgan fingerprint density at radius 2 is 1.46 bits per heavy atom. The number of nitrogens with zero attached hydrogens (tertiary/aromatic N) is 3. The van der Waals surface area contributed by atoms with Crippen molar-refractivity contribution in [1.29, 1.82) is 0 Å². The number of piperidine rings is 2. The molecule has 4 rings (SSSR count). The summed E-state index contributed by atoms with van der Waals surface area (Å²) in [4.78, 5) is 32.3. The Bertz CT molecular complexity index is 1040. The number of anilines is 1. The second-order valence-corrected chi connectivity index (χ2v) is 12.3. The highest BCUT2D eigenvalue weighted by molar-refractivity contribution is 5.74. The van der Waals surface area contributed by atoms with Crippen molar-refractivity contribution < 1.29 is 23.5 Å². The normalized spacial score (nSPS) is 20.2. The van der Waals surface area contributed by atoms with Crippen LogP contribution in [-0.2, 0) is 9.47 Å². The lowest BCUT2D eigenvalue weighted by atomic mass is 10.0. The van der Waals surface area contributed by atoms with Crippen LogP contribution in [0.1, 0.15) is 80.1 Å². The number of hydrogen-bond donors (Lipinski definition) is 2. The molecule has 3 N–H and O–H groups in total. The fourth-order valence-corrected chi connectivity index (χ4v) is 4.73. The molecule has 2 aromatic rings. The third kappa shape index (κ3) is 9.60. The van der Waals surface area contributed by atoms with E-state index in [0.29, 0.717) is 19.1 Å². The minimum atomic E-state index is -0.479. The fraction of sp³-hybridized carbons (Fsp3) is 0.690. The van der Waals surface area contributed by atoms with Crippen LogP contribution in [0.25, 0.3) is 11.1 Å². The van der Waals surface area contributed by atoms with Crippen LogP contribution in [-0.4, -0.2) is 76.4 Å². The zero-order valence-electron chi connectivity index (χ0n) is 24.5. The monoisotopic (exact) mass is 545 g/mol. The standard InChI is InChI=1S/C18H25N3O3.C11H22N2O2/c1-18(2,3)24-17(22)21-11-7-6-8-13(21)12-19-16-20-14-9-4-5-10-15(14)23-16;1-11(2,3)15-10(14)13-7-5-4-6-9(13)8-12/h4-5,9-10,13H,6-8,11-12H2,1-3H3,(H,19,20);9H,4-8,12H2,1-3H3. The molecule has 0 aliphatic carbocycles. The first kappa shape index (κ1) is 30.5. The molecule has 3 heterocycles. The lowest BCUT2D eigenvalue weighted by molar-refractivity contribution is 0.0101. The summed E-state index contributed by atoms with van der Waals surface area (Å²) in [5.74, 6) is 0. The van der Waals surface area contributed by atoms with Crippen LogP contribution >= 0.6 is 0 Å². The number of amides is 2. The molecule has 1 aromatic heterocycles. The predicted octanol–water partition coefficient (Wildman–Crippen LogP) is 5.76. The predicted molar refractivity (Wildman–Crippen MR) is 153 cm³/mol. The lowest BCUT2D eigenvalue weighted by Crippen LogP contribution is -2.49. The third-order valence-electron chi connectivity index (χ3n) is 6.57. The number of hydrogen-bond acceptors (Lipinski definition) is 8. The average Bonchev–Trinajstić information content (AvgIpc) is 3.29. The van der Waals surface area contributed by atoms with E-state index in [-0.39, 0.29) is 24.3 Å². The highest BCUT2D eigenvalue weighted by Crippen LogP contribution is 2.23. The van der Waals surface area contributed by atoms with Gasteiger partial charge in [-0.3, -0.25) is 0 Å². The molecule has 2 aliphatic heterocycles. The number of likely N-dealkylation sites (tertiary alicyclic amines) is 2. The quantitative estimate of drug-likeness (QED) is 0.497. The van der Waals surface area contributed by atoms with Gasteiger partial charge in [0.25, 0.3) is 6.01 Å². The Morgan fingerprint density at radius 3 is 2.00 bits per heavy atom. The minimum absolute atomic E-state index is 0.0867. The summed E-state index contributed by atoms with van der Waals surface area (Å²) in [6.07, 6.45) is 5.81.